The van der Waals surface area contributed by atoms with Gasteiger partial charge in [-0.1, -0.05) is 41.9 Å². The van der Waals surface area contributed by atoms with Crippen molar-refractivity contribution < 1.29 is 0 Å². The highest BCUT2D eigenvalue weighted by atomic mass is 79.9. The van der Waals surface area contributed by atoms with Gasteiger partial charge in [-0.2, -0.15) is 0 Å². The molecule has 2 unspecified atom stereocenters. The van der Waals surface area contributed by atoms with Crippen LogP contribution in [0.5, 0.6) is 0 Å². The Labute approximate surface area is 126 Å². The first-order valence-corrected chi connectivity index (χ1v) is 7.83. The van der Waals surface area contributed by atoms with Crippen molar-refractivity contribution in [2.45, 2.75) is 39.3 Å². The van der Waals surface area contributed by atoms with Crippen molar-refractivity contribution in [1.82, 2.24) is 10.2 Å². The van der Waals surface area contributed by atoms with E-state index in [4.69, 9.17) is 0 Å². The van der Waals surface area contributed by atoms with Crippen LogP contribution in [0.25, 0.3) is 0 Å². The van der Waals surface area contributed by atoms with Gasteiger partial charge in [0.05, 0.1) is 0 Å². The minimum absolute atomic E-state index is 0.502. The molecule has 0 radical (unpaired) electrons. The molecule has 0 spiro atoms. The zero-order chi connectivity index (χ0) is 14.4. The molecule has 3 heteroatoms. The lowest BCUT2D eigenvalue weighted by Crippen LogP contribution is -2.44. The number of nitrogens with one attached hydrogen (secondary N) is 1. The molecule has 0 aromatic heterocycles. The number of hydrogen-bond donors (Lipinski definition) is 1. The molecule has 0 bridgehead atoms. The highest BCUT2D eigenvalue weighted by Gasteiger charge is 2.16. The number of rotatable bonds is 7. The SMILES string of the molecule is CC(Cc1ccc(Br)cc1)NCC(C(C)C)N(C)C. The molecule has 0 saturated heterocycles. The van der Waals surface area contributed by atoms with Gasteiger partial charge in [0, 0.05) is 23.1 Å². The molecule has 0 aliphatic heterocycles. The van der Waals surface area contributed by atoms with Crippen molar-refractivity contribution in [3.63, 3.8) is 0 Å². The second-order valence-corrected chi connectivity index (χ2v) is 6.83. The summed E-state index contributed by atoms with van der Waals surface area (Å²) < 4.78 is 1.14. The van der Waals surface area contributed by atoms with Crippen molar-refractivity contribution >= 4 is 15.9 Å². The highest BCUT2D eigenvalue weighted by molar-refractivity contribution is 9.10. The number of nitrogens with zero attached hydrogens (tertiary/aromatic N) is 1. The fourth-order valence-corrected chi connectivity index (χ4v) is 2.65. The minimum Gasteiger partial charge on any atom is -0.312 e. The molecular weight excluding hydrogens is 300 g/mol. The smallest absolute Gasteiger partial charge is 0.0237 e. The Hall–Kier alpha value is -0.380. The maximum atomic E-state index is 3.66. The van der Waals surface area contributed by atoms with Gasteiger partial charge in [0.2, 0.25) is 0 Å². The maximum Gasteiger partial charge on any atom is 0.0237 e. The minimum atomic E-state index is 0.502. The predicted molar refractivity (Wildman–Crippen MR) is 87.6 cm³/mol. The van der Waals surface area contributed by atoms with E-state index in [1.54, 1.807) is 0 Å². The van der Waals surface area contributed by atoms with Crippen molar-refractivity contribution in [3.05, 3.63) is 34.3 Å². The van der Waals surface area contributed by atoms with Gasteiger partial charge < -0.3 is 10.2 Å². The predicted octanol–water partition coefficient (Wildman–Crippen LogP) is 3.56. The Morgan fingerprint density at radius 2 is 1.68 bits per heavy atom. The van der Waals surface area contributed by atoms with Crippen molar-refractivity contribution in [1.29, 1.82) is 0 Å². The summed E-state index contributed by atoms with van der Waals surface area (Å²) in [5.74, 6) is 0.669. The molecule has 0 heterocycles. The molecule has 1 aromatic carbocycles. The maximum absolute atomic E-state index is 3.66. The normalized spacial score (nSPS) is 14.9. The van der Waals surface area contributed by atoms with Crippen LogP contribution in [0, 0.1) is 5.92 Å². The van der Waals surface area contributed by atoms with Gasteiger partial charge in [0.1, 0.15) is 0 Å². The number of likely N-dealkylation sites (N-methyl/N-ethyl adjacent to an activating group) is 1. The molecule has 0 fully saturated rings. The Bertz CT molecular complexity index is 352. The van der Waals surface area contributed by atoms with Crippen LogP contribution >= 0.6 is 15.9 Å². The van der Waals surface area contributed by atoms with Gasteiger partial charge in [-0.05, 0) is 51.1 Å². The average Bonchev–Trinajstić information content (AvgIpc) is 2.31. The molecule has 1 N–H and O–H groups in total. The van der Waals surface area contributed by atoms with E-state index in [-0.39, 0.29) is 0 Å². The van der Waals surface area contributed by atoms with Crippen LogP contribution in [0.15, 0.2) is 28.7 Å². The van der Waals surface area contributed by atoms with Crippen LogP contribution in [0.4, 0.5) is 0 Å². The zero-order valence-corrected chi connectivity index (χ0v) is 14.4. The summed E-state index contributed by atoms with van der Waals surface area (Å²) >= 11 is 3.47. The topological polar surface area (TPSA) is 15.3 Å². The van der Waals surface area contributed by atoms with Crippen LogP contribution < -0.4 is 5.32 Å². The summed E-state index contributed by atoms with van der Waals surface area (Å²) in [4.78, 5) is 2.31. The number of halogens is 1. The standard InChI is InChI=1S/C16H27BrN2/c1-12(2)16(19(4)5)11-18-13(3)10-14-6-8-15(17)9-7-14/h6-9,12-13,16,18H,10-11H2,1-5H3. The quantitative estimate of drug-likeness (QED) is 0.824. The molecule has 0 aliphatic rings. The third kappa shape index (κ3) is 6.07. The van der Waals surface area contributed by atoms with E-state index >= 15 is 0 Å². The lowest BCUT2D eigenvalue weighted by Gasteiger charge is -2.29. The van der Waals surface area contributed by atoms with Gasteiger partial charge in [-0.15, -0.1) is 0 Å². The molecule has 19 heavy (non-hydrogen) atoms. The molecule has 2 nitrogen and oxygen atoms in total. The Morgan fingerprint density at radius 1 is 1.11 bits per heavy atom. The summed E-state index contributed by atoms with van der Waals surface area (Å²) in [6.07, 6.45) is 1.07. The summed E-state index contributed by atoms with van der Waals surface area (Å²) in [6.45, 7) is 7.87. The van der Waals surface area contributed by atoms with Crippen molar-refractivity contribution in [2.75, 3.05) is 20.6 Å². The number of benzene rings is 1. The van der Waals surface area contributed by atoms with E-state index in [1.165, 1.54) is 5.56 Å². The Kier molecular flexibility index (Phi) is 7.05. The first kappa shape index (κ1) is 16.7. The second kappa shape index (κ2) is 8.03. The van der Waals surface area contributed by atoms with Gasteiger partial charge in [-0.25, -0.2) is 0 Å². The van der Waals surface area contributed by atoms with Crippen molar-refractivity contribution in [3.8, 4) is 0 Å². The molecule has 2 atom stereocenters. The first-order valence-electron chi connectivity index (χ1n) is 7.04. The van der Waals surface area contributed by atoms with Crippen LogP contribution in [-0.2, 0) is 6.42 Å². The van der Waals surface area contributed by atoms with Crippen LogP contribution in [0.2, 0.25) is 0 Å². The molecule has 108 valence electrons. The summed E-state index contributed by atoms with van der Waals surface area (Å²) in [7, 11) is 4.32. The van der Waals surface area contributed by atoms with Crippen molar-refractivity contribution in [2.24, 2.45) is 5.92 Å². The van der Waals surface area contributed by atoms with Crippen LogP contribution in [0.1, 0.15) is 26.3 Å². The molecule has 1 aromatic rings. The summed E-state index contributed by atoms with van der Waals surface area (Å²) in [5.41, 5.74) is 1.38. The van der Waals surface area contributed by atoms with Crippen LogP contribution in [-0.4, -0.2) is 37.6 Å². The molecule has 0 saturated carbocycles. The fourth-order valence-electron chi connectivity index (χ4n) is 2.38. The van der Waals surface area contributed by atoms with Gasteiger partial charge in [0.25, 0.3) is 0 Å². The largest absolute Gasteiger partial charge is 0.312 e. The second-order valence-electron chi connectivity index (χ2n) is 5.91. The molecule has 0 aliphatic carbocycles. The molecular formula is C16H27BrN2. The van der Waals surface area contributed by atoms with E-state index in [1.807, 2.05) is 0 Å². The third-order valence-corrected chi connectivity index (χ3v) is 4.09. The molecule has 1 rings (SSSR count). The Morgan fingerprint density at radius 3 is 2.16 bits per heavy atom. The lowest BCUT2D eigenvalue weighted by atomic mass is 10.0. The number of hydrogen-bond acceptors (Lipinski definition) is 2. The van der Waals surface area contributed by atoms with Gasteiger partial charge in [0.15, 0.2) is 0 Å². The monoisotopic (exact) mass is 326 g/mol. The third-order valence-electron chi connectivity index (χ3n) is 3.56. The first-order chi connectivity index (χ1) is 8.90. The summed E-state index contributed by atoms with van der Waals surface area (Å²) in [5, 5.41) is 3.66. The van der Waals surface area contributed by atoms with Gasteiger partial charge in [-0.3, -0.25) is 0 Å². The summed E-state index contributed by atoms with van der Waals surface area (Å²) in [6, 6.07) is 9.69. The van der Waals surface area contributed by atoms with Crippen LogP contribution in [0.3, 0.4) is 0 Å². The lowest BCUT2D eigenvalue weighted by molar-refractivity contribution is 0.219. The van der Waals surface area contributed by atoms with E-state index in [0.29, 0.717) is 18.0 Å². The fraction of sp³-hybridized carbons (Fsp3) is 0.625. The van der Waals surface area contributed by atoms with E-state index in [9.17, 15) is 0 Å². The molecule has 0 amide bonds. The van der Waals surface area contributed by atoms with E-state index in [2.05, 4.69) is 85.3 Å². The van der Waals surface area contributed by atoms with E-state index < -0.39 is 0 Å². The average molecular weight is 327 g/mol. The van der Waals surface area contributed by atoms with E-state index in [0.717, 1.165) is 17.4 Å². The highest BCUT2D eigenvalue weighted by Crippen LogP contribution is 2.12. The zero-order valence-electron chi connectivity index (χ0n) is 12.8. The van der Waals surface area contributed by atoms with Gasteiger partial charge >= 0.3 is 0 Å². The Balaban J connectivity index is 2.42.